The molecule has 2 N–H and O–H groups in total. The van der Waals surface area contributed by atoms with E-state index in [0.717, 1.165) is 5.56 Å². The standard InChI is InChI=1S/C16H12N8O/c17-3-4-23-8-11(7-21-23)24-9-14-12(15(24)25)1-2-13(22-14)10-5-19-16(18)20-6-10/h1-2,5-8H,4,9H2,(H2,18,19,20). The molecule has 9 nitrogen and oxygen atoms in total. The van der Waals surface area contributed by atoms with Crippen molar-refractivity contribution in [3.8, 4) is 17.3 Å². The molecule has 1 amide bonds. The number of rotatable bonds is 3. The lowest BCUT2D eigenvalue weighted by Crippen LogP contribution is -2.22. The Labute approximate surface area is 142 Å². The zero-order valence-electron chi connectivity index (χ0n) is 13.0. The van der Waals surface area contributed by atoms with Gasteiger partial charge in [0.2, 0.25) is 5.95 Å². The number of anilines is 2. The first-order valence-corrected chi connectivity index (χ1v) is 7.45. The Bertz CT molecular complexity index is 1000. The van der Waals surface area contributed by atoms with E-state index in [1.807, 2.05) is 6.07 Å². The molecule has 0 bridgehead atoms. The van der Waals surface area contributed by atoms with Gasteiger partial charge >= 0.3 is 0 Å². The van der Waals surface area contributed by atoms with Gasteiger partial charge in [0.1, 0.15) is 6.54 Å². The molecule has 4 heterocycles. The molecule has 1 aliphatic heterocycles. The molecule has 0 spiro atoms. The molecule has 9 heteroatoms. The lowest BCUT2D eigenvalue weighted by atomic mass is 10.1. The van der Waals surface area contributed by atoms with Crippen LogP contribution in [0.2, 0.25) is 0 Å². The Morgan fingerprint density at radius 1 is 1.24 bits per heavy atom. The van der Waals surface area contributed by atoms with Gasteiger partial charge in [-0.2, -0.15) is 10.4 Å². The Kier molecular flexibility index (Phi) is 3.36. The number of hydrogen-bond acceptors (Lipinski definition) is 7. The summed E-state index contributed by atoms with van der Waals surface area (Å²) in [5.74, 6) is 0.0553. The maximum Gasteiger partial charge on any atom is 0.260 e. The average Bonchev–Trinajstić information content (AvgIpc) is 3.20. The summed E-state index contributed by atoms with van der Waals surface area (Å²) in [6.07, 6.45) is 6.42. The summed E-state index contributed by atoms with van der Waals surface area (Å²) in [6.45, 7) is 0.477. The van der Waals surface area contributed by atoms with Crippen LogP contribution in [0.15, 0.2) is 36.9 Å². The van der Waals surface area contributed by atoms with Gasteiger partial charge in [-0.3, -0.25) is 14.4 Å². The Morgan fingerprint density at radius 3 is 2.80 bits per heavy atom. The summed E-state index contributed by atoms with van der Waals surface area (Å²) < 4.78 is 1.48. The predicted molar refractivity (Wildman–Crippen MR) is 88.0 cm³/mol. The highest BCUT2D eigenvalue weighted by Crippen LogP contribution is 2.28. The smallest absolute Gasteiger partial charge is 0.260 e. The quantitative estimate of drug-likeness (QED) is 0.758. The monoisotopic (exact) mass is 332 g/mol. The van der Waals surface area contributed by atoms with E-state index in [1.54, 1.807) is 41.8 Å². The number of nitrogens with two attached hydrogens (primary N) is 1. The molecule has 4 rings (SSSR count). The molecule has 0 radical (unpaired) electrons. The zero-order valence-corrected chi connectivity index (χ0v) is 13.0. The molecule has 0 fully saturated rings. The van der Waals surface area contributed by atoms with Gasteiger partial charge in [0.25, 0.3) is 5.91 Å². The summed E-state index contributed by atoms with van der Waals surface area (Å²) in [7, 11) is 0. The van der Waals surface area contributed by atoms with E-state index in [4.69, 9.17) is 11.0 Å². The average molecular weight is 332 g/mol. The van der Waals surface area contributed by atoms with Crippen molar-refractivity contribution in [1.82, 2.24) is 24.7 Å². The van der Waals surface area contributed by atoms with Crippen LogP contribution in [0, 0.1) is 11.3 Å². The lowest BCUT2D eigenvalue weighted by molar-refractivity contribution is 0.0996. The van der Waals surface area contributed by atoms with Crippen molar-refractivity contribution in [3.05, 3.63) is 48.2 Å². The van der Waals surface area contributed by atoms with Crippen molar-refractivity contribution in [2.75, 3.05) is 10.6 Å². The fourth-order valence-electron chi connectivity index (χ4n) is 2.67. The molecule has 0 aliphatic carbocycles. The molecule has 25 heavy (non-hydrogen) atoms. The number of amides is 1. The van der Waals surface area contributed by atoms with Crippen LogP contribution in [0.5, 0.6) is 0 Å². The maximum absolute atomic E-state index is 12.6. The normalized spacial score (nSPS) is 12.9. The molecule has 0 aromatic carbocycles. The minimum atomic E-state index is -0.140. The Hall–Kier alpha value is -3.80. The molecule has 0 saturated carbocycles. The van der Waals surface area contributed by atoms with Crippen molar-refractivity contribution in [2.24, 2.45) is 0 Å². The fourth-order valence-corrected chi connectivity index (χ4v) is 2.67. The second-order valence-corrected chi connectivity index (χ2v) is 5.47. The van der Waals surface area contributed by atoms with Crippen molar-refractivity contribution < 1.29 is 4.79 Å². The number of carbonyl (C=O) groups is 1. The third-order valence-corrected chi connectivity index (χ3v) is 3.89. The lowest BCUT2D eigenvalue weighted by Gasteiger charge is -2.11. The van der Waals surface area contributed by atoms with Gasteiger partial charge < -0.3 is 5.73 Å². The number of hydrogen-bond donors (Lipinski definition) is 1. The number of nitriles is 1. The van der Waals surface area contributed by atoms with Gasteiger partial charge in [-0.1, -0.05) is 0 Å². The summed E-state index contributed by atoms with van der Waals surface area (Å²) in [4.78, 5) is 26.7. The third kappa shape index (κ3) is 2.55. The molecular formula is C16H12N8O. The first kappa shape index (κ1) is 14.8. The van der Waals surface area contributed by atoms with E-state index in [9.17, 15) is 4.79 Å². The van der Waals surface area contributed by atoms with Crippen LogP contribution >= 0.6 is 0 Å². The van der Waals surface area contributed by atoms with E-state index in [-0.39, 0.29) is 18.4 Å². The van der Waals surface area contributed by atoms with Crippen molar-refractivity contribution in [3.63, 3.8) is 0 Å². The largest absolute Gasteiger partial charge is 0.368 e. The van der Waals surface area contributed by atoms with Crippen LogP contribution in [-0.2, 0) is 13.1 Å². The predicted octanol–water partition coefficient (Wildman–Crippen LogP) is 1.00. The first-order valence-electron chi connectivity index (χ1n) is 7.45. The van der Waals surface area contributed by atoms with E-state index in [0.29, 0.717) is 29.2 Å². The molecule has 0 saturated heterocycles. The minimum absolute atomic E-state index is 0.133. The summed E-state index contributed by atoms with van der Waals surface area (Å²) >= 11 is 0. The minimum Gasteiger partial charge on any atom is -0.368 e. The van der Waals surface area contributed by atoms with E-state index in [2.05, 4.69) is 20.1 Å². The van der Waals surface area contributed by atoms with Crippen molar-refractivity contribution >= 4 is 17.5 Å². The number of nitrogen functional groups attached to an aromatic ring is 1. The third-order valence-electron chi connectivity index (χ3n) is 3.89. The number of nitrogens with zero attached hydrogens (tertiary/aromatic N) is 7. The van der Waals surface area contributed by atoms with Gasteiger partial charge in [-0.25, -0.2) is 15.0 Å². The number of carbonyl (C=O) groups excluding carboxylic acids is 1. The van der Waals surface area contributed by atoms with Crippen LogP contribution in [-0.4, -0.2) is 30.6 Å². The van der Waals surface area contributed by atoms with Crippen LogP contribution in [0.25, 0.3) is 11.3 Å². The van der Waals surface area contributed by atoms with E-state index < -0.39 is 0 Å². The fraction of sp³-hybridized carbons (Fsp3) is 0.125. The number of pyridine rings is 1. The second kappa shape index (κ2) is 5.68. The summed E-state index contributed by atoms with van der Waals surface area (Å²) in [5.41, 5.74) is 8.76. The van der Waals surface area contributed by atoms with Gasteiger partial charge in [-0.05, 0) is 12.1 Å². The molecule has 3 aromatic heterocycles. The Balaban J connectivity index is 1.64. The zero-order chi connectivity index (χ0) is 17.4. The van der Waals surface area contributed by atoms with Crippen LogP contribution in [0.1, 0.15) is 16.1 Å². The van der Waals surface area contributed by atoms with E-state index in [1.165, 1.54) is 4.68 Å². The van der Waals surface area contributed by atoms with Crippen LogP contribution in [0.3, 0.4) is 0 Å². The summed E-state index contributed by atoms with van der Waals surface area (Å²) in [6, 6.07) is 5.51. The van der Waals surface area contributed by atoms with Crippen molar-refractivity contribution in [2.45, 2.75) is 13.1 Å². The van der Waals surface area contributed by atoms with Gasteiger partial charge in [-0.15, -0.1) is 0 Å². The van der Waals surface area contributed by atoms with Crippen LogP contribution in [0.4, 0.5) is 11.6 Å². The SMILES string of the molecule is N#CCn1cc(N2Cc3nc(-c4cnc(N)nc4)ccc3C2=O)cn1. The van der Waals surface area contributed by atoms with Crippen molar-refractivity contribution in [1.29, 1.82) is 5.26 Å². The van der Waals surface area contributed by atoms with Gasteiger partial charge in [0, 0.05) is 24.2 Å². The first-order chi connectivity index (χ1) is 12.2. The summed E-state index contributed by atoms with van der Waals surface area (Å²) in [5, 5.41) is 12.8. The maximum atomic E-state index is 12.6. The molecule has 3 aromatic rings. The van der Waals surface area contributed by atoms with Gasteiger partial charge in [0.15, 0.2) is 0 Å². The van der Waals surface area contributed by atoms with E-state index >= 15 is 0 Å². The molecule has 1 aliphatic rings. The second-order valence-electron chi connectivity index (χ2n) is 5.47. The molecule has 122 valence electrons. The Morgan fingerprint density at radius 2 is 2.04 bits per heavy atom. The number of aromatic nitrogens is 5. The van der Waals surface area contributed by atoms with Crippen LogP contribution < -0.4 is 10.6 Å². The topological polar surface area (TPSA) is 127 Å². The molecular weight excluding hydrogens is 320 g/mol. The molecule has 0 unspecified atom stereocenters. The highest BCUT2D eigenvalue weighted by Gasteiger charge is 2.30. The molecule has 0 atom stereocenters. The van der Waals surface area contributed by atoms with Gasteiger partial charge in [0.05, 0.1) is 41.4 Å². The number of fused-ring (bicyclic) bond motifs is 1. The highest BCUT2D eigenvalue weighted by atomic mass is 16.2. The highest BCUT2D eigenvalue weighted by molar-refractivity contribution is 6.09.